The maximum Gasteiger partial charge on any atom is 0.253 e. The van der Waals surface area contributed by atoms with Crippen molar-refractivity contribution in [1.82, 2.24) is 4.90 Å². The van der Waals surface area contributed by atoms with Crippen molar-refractivity contribution in [2.24, 2.45) is 0 Å². The number of benzene rings is 2. The van der Waals surface area contributed by atoms with Crippen LogP contribution >= 0.6 is 0 Å². The number of carbonyl (C=O) groups excluding carboxylic acids is 1. The van der Waals surface area contributed by atoms with Gasteiger partial charge in [-0.25, -0.2) is 0 Å². The van der Waals surface area contributed by atoms with Crippen LogP contribution < -0.4 is 5.73 Å². The first-order valence-corrected chi connectivity index (χ1v) is 6.23. The first-order chi connectivity index (χ1) is 9.08. The van der Waals surface area contributed by atoms with E-state index in [1.165, 1.54) is 0 Å². The summed E-state index contributed by atoms with van der Waals surface area (Å²) in [5.74, 6) is 0.00301. The van der Waals surface area contributed by atoms with Gasteiger partial charge in [0.05, 0.1) is 0 Å². The SMILES string of the molecule is Cc1ccc(C(=O)N(C)Cc2ccccc2N)cc1. The molecule has 0 aliphatic carbocycles. The third-order valence-corrected chi connectivity index (χ3v) is 3.11. The van der Waals surface area contributed by atoms with Gasteiger partial charge < -0.3 is 10.6 Å². The summed E-state index contributed by atoms with van der Waals surface area (Å²) >= 11 is 0. The second-order valence-electron chi connectivity index (χ2n) is 4.73. The van der Waals surface area contributed by atoms with E-state index in [0.29, 0.717) is 17.8 Å². The number of carbonyl (C=O) groups is 1. The van der Waals surface area contributed by atoms with E-state index < -0.39 is 0 Å². The summed E-state index contributed by atoms with van der Waals surface area (Å²) in [6.07, 6.45) is 0. The quantitative estimate of drug-likeness (QED) is 0.856. The minimum atomic E-state index is 0.00301. The summed E-state index contributed by atoms with van der Waals surface area (Å²) in [7, 11) is 1.79. The normalized spacial score (nSPS) is 10.2. The van der Waals surface area contributed by atoms with Crippen LogP contribution in [0.1, 0.15) is 21.5 Å². The van der Waals surface area contributed by atoms with E-state index in [1.807, 2.05) is 55.5 Å². The third-order valence-electron chi connectivity index (χ3n) is 3.11. The number of hydrogen-bond donors (Lipinski definition) is 1. The Labute approximate surface area is 113 Å². The lowest BCUT2D eigenvalue weighted by atomic mass is 10.1. The number of nitrogens with two attached hydrogens (primary N) is 1. The zero-order valence-electron chi connectivity index (χ0n) is 11.3. The lowest BCUT2D eigenvalue weighted by molar-refractivity contribution is 0.0785. The number of anilines is 1. The Morgan fingerprint density at radius 2 is 1.74 bits per heavy atom. The maximum atomic E-state index is 12.3. The van der Waals surface area contributed by atoms with Gasteiger partial charge in [0.25, 0.3) is 5.91 Å². The molecular weight excluding hydrogens is 236 g/mol. The average molecular weight is 254 g/mol. The Kier molecular flexibility index (Phi) is 3.85. The predicted molar refractivity (Wildman–Crippen MR) is 77.8 cm³/mol. The molecule has 0 atom stereocenters. The molecule has 0 spiro atoms. The fraction of sp³-hybridized carbons (Fsp3) is 0.188. The van der Waals surface area contributed by atoms with Gasteiger partial charge in [0.2, 0.25) is 0 Å². The summed E-state index contributed by atoms with van der Waals surface area (Å²) < 4.78 is 0. The van der Waals surface area contributed by atoms with Crippen molar-refractivity contribution in [2.75, 3.05) is 12.8 Å². The van der Waals surface area contributed by atoms with E-state index in [2.05, 4.69) is 0 Å². The van der Waals surface area contributed by atoms with Gasteiger partial charge in [-0.2, -0.15) is 0 Å². The van der Waals surface area contributed by atoms with Crippen LogP contribution in [0.25, 0.3) is 0 Å². The Morgan fingerprint density at radius 3 is 2.37 bits per heavy atom. The monoisotopic (exact) mass is 254 g/mol. The molecule has 2 aromatic rings. The zero-order valence-corrected chi connectivity index (χ0v) is 11.3. The van der Waals surface area contributed by atoms with Gasteiger partial charge in [0.15, 0.2) is 0 Å². The summed E-state index contributed by atoms with van der Waals surface area (Å²) in [5.41, 5.74) is 9.41. The van der Waals surface area contributed by atoms with Gasteiger partial charge in [-0.15, -0.1) is 0 Å². The Morgan fingerprint density at radius 1 is 1.11 bits per heavy atom. The molecule has 0 saturated heterocycles. The van der Waals surface area contributed by atoms with Crippen LogP contribution in [-0.4, -0.2) is 17.9 Å². The van der Waals surface area contributed by atoms with Crippen molar-refractivity contribution in [3.8, 4) is 0 Å². The van der Waals surface area contributed by atoms with E-state index in [0.717, 1.165) is 11.1 Å². The minimum Gasteiger partial charge on any atom is -0.398 e. The standard InChI is InChI=1S/C16H18N2O/c1-12-7-9-13(10-8-12)16(19)18(2)11-14-5-3-4-6-15(14)17/h3-10H,11,17H2,1-2H3. The molecule has 0 fully saturated rings. The minimum absolute atomic E-state index is 0.00301. The summed E-state index contributed by atoms with van der Waals surface area (Å²) in [6.45, 7) is 2.52. The fourth-order valence-corrected chi connectivity index (χ4v) is 1.92. The molecule has 0 unspecified atom stereocenters. The molecule has 0 aromatic heterocycles. The Bertz CT molecular complexity index is 576. The van der Waals surface area contributed by atoms with Crippen molar-refractivity contribution in [1.29, 1.82) is 0 Å². The number of hydrogen-bond acceptors (Lipinski definition) is 2. The molecule has 3 heteroatoms. The lowest BCUT2D eigenvalue weighted by Crippen LogP contribution is -2.26. The topological polar surface area (TPSA) is 46.3 Å². The van der Waals surface area contributed by atoms with E-state index in [-0.39, 0.29) is 5.91 Å². The van der Waals surface area contributed by atoms with Crippen molar-refractivity contribution in [3.05, 3.63) is 65.2 Å². The molecule has 0 bridgehead atoms. The van der Waals surface area contributed by atoms with Crippen LogP contribution in [0.3, 0.4) is 0 Å². The van der Waals surface area contributed by atoms with E-state index in [4.69, 9.17) is 5.73 Å². The molecule has 3 nitrogen and oxygen atoms in total. The lowest BCUT2D eigenvalue weighted by Gasteiger charge is -2.18. The average Bonchev–Trinajstić information content (AvgIpc) is 2.41. The Balaban J connectivity index is 2.12. The highest BCUT2D eigenvalue weighted by atomic mass is 16.2. The number of aryl methyl sites for hydroxylation is 1. The number of amides is 1. The molecule has 2 N–H and O–H groups in total. The molecule has 2 aromatic carbocycles. The molecule has 0 saturated carbocycles. The Hall–Kier alpha value is -2.29. The molecule has 1 amide bonds. The van der Waals surface area contributed by atoms with Gasteiger partial charge in [-0.1, -0.05) is 35.9 Å². The molecule has 0 aliphatic rings. The van der Waals surface area contributed by atoms with Gasteiger partial charge in [0, 0.05) is 24.8 Å². The molecule has 0 radical (unpaired) electrons. The number of nitrogens with zero attached hydrogens (tertiary/aromatic N) is 1. The van der Waals surface area contributed by atoms with E-state index in [9.17, 15) is 4.79 Å². The van der Waals surface area contributed by atoms with E-state index in [1.54, 1.807) is 11.9 Å². The van der Waals surface area contributed by atoms with Crippen LogP contribution in [0.4, 0.5) is 5.69 Å². The molecule has 98 valence electrons. The van der Waals surface area contributed by atoms with Crippen LogP contribution in [0, 0.1) is 6.92 Å². The highest BCUT2D eigenvalue weighted by Gasteiger charge is 2.12. The fourth-order valence-electron chi connectivity index (χ4n) is 1.92. The summed E-state index contributed by atoms with van der Waals surface area (Å²) in [5, 5.41) is 0. The molecule has 19 heavy (non-hydrogen) atoms. The van der Waals surface area contributed by atoms with Crippen LogP contribution in [0.2, 0.25) is 0 Å². The second-order valence-corrected chi connectivity index (χ2v) is 4.73. The van der Waals surface area contributed by atoms with Crippen molar-refractivity contribution >= 4 is 11.6 Å². The van der Waals surface area contributed by atoms with Crippen molar-refractivity contribution < 1.29 is 4.79 Å². The highest BCUT2D eigenvalue weighted by Crippen LogP contribution is 2.14. The van der Waals surface area contributed by atoms with Crippen LogP contribution in [0.15, 0.2) is 48.5 Å². The van der Waals surface area contributed by atoms with Gasteiger partial charge in [0.1, 0.15) is 0 Å². The number of nitrogen functional groups attached to an aromatic ring is 1. The van der Waals surface area contributed by atoms with Gasteiger partial charge in [-0.3, -0.25) is 4.79 Å². The highest BCUT2D eigenvalue weighted by molar-refractivity contribution is 5.94. The summed E-state index contributed by atoms with van der Waals surface area (Å²) in [4.78, 5) is 13.9. The number of rotatable bonds is 3. The first kappa shape index (κ1) is 13.1. The summed E-state index contributed by atoms with van der Waals surface area (Å²) in [6, 6.07) is 15.2. The number of para-hydroxylation sites is 1. The van der Waals surface area contributed by atoms with Crippen molar-refractivity contribution in [2.45, 2.75) is 13.5 Å². The second kappa shape index (κ2) is 5.57. The van der Waals surface area contributed by atoms with Crippen LogP contribution in [0.5, 0.6) is 0 Å². The molecule has 0 aliphatic heterocycles. The smallest absolute Gasteiger partial charge is 0.253 e. The van der Waals surface area contributed by atoms with Crippen LogP contribution in [-0.2, 0) is 6.54 Å². The molecular formula is C16H18N2O. The third kappa shape index (κ3) is 3.13. The molecule has 0 heterocycles. The predicted octanol–water partition coefficient (Wildman–Crippen LogP) is 2.85. The van der Waals surface area contributed by atoms with E-state index >= 15 is 0 Å². The maximum absolute atomic E-state index is 12.3. The zero-order chi connectivity index (χ0) is 13.8. The molecule has 2 rings (SSSR count). The largest absolute Gasteiger partial charge is 0.398 e. The van der Waals surface area contributed by atoms with Gasteiger partial charge in [-0.05, 0) is 30.7 Å². The van der Waals surface area contributed by atoms with Crippen molar-refractivity contribution in [3.63, 3.8) is 0 Å². The first-order valence-electron chi connectivity index (χ1n) is 6.23. The van der Waals surface area contributed by atoms with Gasteiger partial charge >= 0.3 is 0 Å².